The number of nitrogens with zero attached hydrogens (tertiary/aromatic N) is 4. The molecule has 1 saturated heterocycles. The number of anilines is 3. The molecule has 0 spiro atoms. The molecule has 3 N–H and O–H groups in total. The van der Waals surface area contributed by atoms with E-state index >= 15 is 0 Å². The average Bonchev–Trinajstić information content (AvgIpc) is 3.21. The second kappa shape index (κ2) is 13.2. The smallest absolute Gasteiger partial charge is 0.247 e. The Morgan fingerprint density at radius 1 is 1.08 bits per heavy atom. The van der Waals surface area contributed by atoms with Crippen molar-refractivity contribution in [3.05, 3.63) is 24.3 Å². The summed E-state index contributed by atoms with van der Waals surface area (Å²) in [4.78, 5) is 13.9. The van der Waals surface area contributed by atoms with Crippen molar-refractivity contribution in [1.82, 2.24) is 19.6 Å². The van der Waals surface area contributed by atoms with E-state index in [4.69, 9.17) is 4.74 Å². The highest BCUT2D eigenvalue weighted by molar-refractivity contribution is 7.89. The van der Waals surface area contributed by atoms with Gasteiger partial charge in [0.25, 0.3) is 0 Å². The molecule has 11 heteroatoms. The molecular weight excluding hydrogens is 490 g/mol. The third kappa shape index (κ3) is 7.18. The molecule has 37 heavy (non-hydrogen) atoms. The Morgan fingerprint density at radius 3 is 2.70 bits per heavy atom. The largest absolute Gasteiger partial charge is 0.476 e. The van der Waals surface area contributed by atoms with Gasteiger partial charge in [-0.05, 0) is 56.0 Å². The maximum absolute atomic E-state index is 13.1. The van der Waals surface area contributed by atoms with Crippen LogP contribution in [0.5, 0.6) is 5.88 Å². The van der Waals surface area contributed by atoms with Crippen molar-refractivity contribution in [3.8, 4) is 5.88 Å². The number of hydrogen-bond donors (Lipinski definition) is 3. The van der Waals surface area contributed by atoms with E-state index in [1.165, 1.54) is 12.8 Å². The van der Waals surface area contributed by atoms with Crippen molar-refractivity contribution in [2.24, 2.45) is 10.9 Å². The summed E-state index contributed by atoms with van der Waals surface area (Å²) in [5.74, 6) is 1.90. The van der Waals surface area contributed by atoms with Crippen molar-refractivity contribution < 1.29 is 13.2 Å². The summed E-state index contributed by atoms with van der Waals surface area (Å²) in [6.45, 7) is 8.06. The summed E-state index contributed by atoms with van der Waals surface area (Å²) in [6, 6.07) is 6.72. The number of hydrogen-bond acceptors (Lipinski definition) is 9. The summed E-state index contributed by atoms with van der Waals surface area (Å²) in [6.07, 6.45) is 8.30. The predicted octanol–water partition coefficient (Wildman–Crippen LogP) is 4.32. The second-order valence-electron chi connectivity index (χ2n) is 9.51. The summed E-state index contributed by atoms with van der Waals surface area (Å²) < 4.78 is 33.9. The first-order valence-corrected chi connectivity index (χ1v) is 14.8. The highest BCUT2D eigenvalue weighted by Crippen LogP contribution is 2.36. The van der Waals surface area contributed by atoms with Crippen LogP contribution in [-0.4, -0.2) is 68.2 Å². The summed E-state index contributed by atoms with van der Waals surface area (Å²) in [7, 11) is -3.53. The van der Waals surface area contributed by atoms with Crippen molar-refractivity contribution >= 4 is 39.4 Å². The standard InChI is InChI=1S/C26H39N7O3S/c1-3-5-8-20(7-4-2)19-36-25-23-24(29-15-14-28-23)31-26(32-25)30-21-9-11-22(12-10-21)37(34,35)33-17-6-13-27-16-18-33/h9-12,14,20,27H,3-8,13,15-19H2,1-2H3,(H2,29,30,31,32). The van der Waals surface area contributed by atoms with E-state index < -0.39 is 10.0 Å². The second-order valence-corrected chi connectivity index (χ2v) is 11.4. The molecule has 202 valence electrons. The van der Waals surface area contributed by atoms with Gasteiger partial charge in [0.1, 0.15) is 0 Å². The maximum Gasteiger partial charge on any atom is 0.247 e. The number of nitrogens with one attached hydrogen (secondary N) is 3. The number of aliphatic imine (C=N–C) groups is 1. The molecule has 2 aromatic rings. The average molecular weight is 530 g/mol. The minimum Gasteiger partial charge on any atom is -0.476 e. The molecule has 1 aromatic heterocycles. The van der Waals surface area contributed by atoms with E-state index in [0.29, 0.717) is 67.7 Å². The minimum atomic E-state index is -3.53. The number of fused-ring (bicyclic) bond motifs is 1. The molecule has 0 bridgehead atoms. The van der Waals surface area contributed by atoms with E-state index in [1.54, 1.807) is 34.8 Å². The summed E-state index contributed by atoms with van der Waals surface area (Å²) in [5, 5.41) is 9.67. The molecule has 2 aliphatic rings. The number of rotatable bonds is 12. The topological polar surface area (TPSA) is 121 Å². The van der Waals surface area contributed by atoms with E-state index in [1.807, 2.05) is 0 Å². The highest BCUT2D eigenvalue weighted by Gasteiger charge is 2.25. The van der Waals surface area contributed by atoms with Crippen LogP contribution in [0.3, 0.4) is 0 Å². The van der Waals surface area contributed by atoms with Crippen molar-refractivity contribution in [3.63, 3.8) is 0 Å². The Kier molecular flexibility index (Phi) is 9.70. The molecule has 10 nitrogen and oxygen atoms in total. The molecule has 1 fully saturated rings. The number of sulfonamides is 1. The van der Waals surface area contributed by atoms with Crippen LogP contribution in [0.1, 0.15) is 52.4 Å². The van der Waals surface area contributed by atoms with Gasteiger partial charge in [0, 0.05) is 31.5 Å². The van der Waals surface area contributed by atoms with E-state index in [2.05, 4.69) is 44.8 Å². The van der Waals surface area contributed by atoms with Gasteiger partial charge in [0.15, 0.2) is 11.5 Å². The van der Waals surface area contributed by atoms with E-state index in [9.17, 15) is 8.42 Å². The third-order valence-electron chi connectivity index (χ3n) is 6.60. The highest BCUT2D eigenvalue weighted by atomic mass is 32.2. The zero-order chi connectivity index (χ0) is 26.1. The molecule has 0 aliphatic carbocycles. The fourth-order valence-electron chi connectivity index (χ4n) is 4.57. The van der Waals surface area contributed by atoms with Crippen LogP contribution in [0.15, 0.2) is 34.2 Å². The van der Waals surface area contributed by atoms with Gasteiger partial charge in [0.2, 0.25) is 21.9 Å². The molecule has 4 rings (SSSR count). The molecule has 0 saturated carbocycles. The van der Waals surface area contributed by atoms with Crippen LogP contribution >= 0.6 is 0 Å². The van der Waals surface area contributed by atoms with Gasteiger partial charge >= 0.3 is 0 Å². The van der Waals surface area contributed by atoms with Gasteiger partial charge in [-0.15, -0.1) is 0 Å². The number of ether oxygens (including phenoxy) is 1. The molecule has 1 atom stereocenters. The van der Waals surface area contributed by atoms with Crippen LogP contribution in [0.4, 0.5) is 23.1 Å². The Morgan fingerprint density at radius 2 is 1.92 bits per heavy atom. The minimum absolute atomic E-state index is 0.278. The van der Waals surface area contributed by atoms with Gasteiger partial charge in [0.05, 0.1) is 18.0 Å². The lowest BCUT2D eigenvalue weighted by Crippen LogP contribution is -2.34. The quantitative estimate of drug-likeness (QED) is 0.372. The number of benzene rings is 1. The predicted molar refractivity (Wildman–Crippen MR) is 148 cm³/mol. The lowest BCUT2D eigenvalue weighted by Gasteiger charge is -2.20. The molecule has 1 aromatic carbocycles. The third-order valence-corrected chi connectivity index (χ3v) is 8.51. The summed E-state index contributed by atoms with van der Waals surface area (Å²) >= 11 is 0. The van der Waals surface area contributed by atoms with E-state index in [0.717, 1.165) is 32.2 Å². The van der Waals surface area contributed by atoms with Gasteiger partial charge in [-0.2, -0.15) is 14.3 Å². The van der Waals surface area contributed by atoms with Gasteiger partial charge in [-0.25, -0.2) is 13.4 Å². The lowest BCUT2D eigenvalue weighted by molar-refractivity contribution is 0.221. The van der Waals surface area contributed by atoms with Gasteiger partial charge in [-0.3, -0.25) is 0 Å². The van der Waals surface area contributed by atoms with Crippen LogP contribution in [0.25, 0.3) is 0 Å². The molecule has 0 radical (unpaired) electrons. The molecule has 1 unspecified atom stereocenters. The molecule has 3 heterocycles. The van der Waals surface area contributed by atoms with Gasteiger partial charge in [-0.1, -0.05) is 33.1 Å². The van der Waals surface area contributed by atoms with Crippen LogP contribution in [0.2, 0.25) is 0 Å². The van der Waals surface area contributed by atoms with Crippen LogP contribution < -0.4 is 20.7 Å². The summed E-state index contributed by atoms with van der Waals surface area (Å²) in [5.41, 5.74) is 1.30. The first-order chi connectivity index (χ1) is 18.0. The number of unbranched alkanes of at least 4 members (excludes halogenated alkanes) is 1. The van der Waals surface area contributed by atoms with Crippen molar-refractivity contribution in [2.75, 3.05) is 50.0 Å². The van der Waals surface area contributed by atoms with Crippen LogP contribution in [-0.2, 0) is 10.0 Å². The first kappa shape index (κ1) is 27.3. The fraction of sp³-hybridized carbons (Fsp3) is 0.577. The van der Waals surface area contributed by atoms with Crippen molar-refractivity contribution in [2.45, 2.75) is 57.3 Å². The monoisotopic (exact) mass is 529 g/mol. The Balaban J connectivity index is 1.49. The number of aromatic nitrogens is 2. The zero-order valence-corrected chi connectivity index (χ0v) is 22.7. The van der Waals surface area contributed by atoms with Crippen molar-refractivity contribution in [1.29, 1.82) is 0 Å². The molecule has 0 amide bonds. The Bertz CT molecular complexity index is 1150. The Labute approximate surface area is 220 Å². The SMILES string of the molecule is CCCCC(CCC)COc1nc(Nc2ccc(S(=O)(=O)N3CCCNCC3)cc2)nc2c1N=CCN2. The first-order valence-electron chi connectivity index (χ1n) is 13.4. The molecular formula is C26H39N7O3S. The van der Waals surface area contributed by atoms with Gasteiger partial charge < -0.3 is 20.7 Å². The van der Waals surface area contributed by atoms with E-state index in [-0.39, 0.29) is 4.90 Å². The lowest BCUT2D eigenvalue weighted by atomic mass is 9.98. The molecule has 2 aliphatic heterocycles. The Hall–Kier alpha value is -2.76. The maximum atomic E-state index is 13.1. The zero-order valence-electron chi connectivity index (χ0n) is 21.9. The van der Waals surface area contributed by atoms with Crippen LogP contribution in [0, 0.1) is 5.92 Å². The fourth-order valence-corrected chi connectivity index (χ4v) is 6.05. The normalized spacial score (nSPS) is 16.9.